The molecule has 1 heterocycles. The number of nitrogens with zero attached hydrogens (tertiary/aromatic N) is 1. The molecular weight excluding hydrogens is 330 g/mol. The van der Waals surface area contributed by atoms with Gasteiger partial charge in [-0.05, 0) is 43.7 Å². The number of rotatable bonds is 5. The fraction of sp³-hybridized carbons (Fsp3) is 0.588. The largest absolute Gasteiger partial charge is 0.381 e. The van der Waals surface area contributed by atoms with Gasteiger partial charge in [-0.1, -0.05) is 23.7 Å². The van der Waals surface area contributed by atoms with Gasteiger partial charge in [0, 0.05) is 36.6 Å². The maximum Gasteiger partial charge on any atom is 0.191 e. The smallest absolute Gasteiger partial charge is 0.191 e. The average Bonchev–Trinajstić information content (AvgIpc) is 2.59. The zero-order valence-electron chi connectivity index (χ0n) is 14.1. The highest BCUT2D eigenvalue weighted by Crippen LogP contribution is 2.33. The molecule has 1 unspecified atom stereocenters. The van der Waals surface area contributed by atoms with Crippen molar-refractivity contribution in [3.8, 4) is 0 Å². The monoisotopic (exact) mass is 355 g/mol. The van der Waals surface area contributed by atoms with Crippen LogP contribution in [-0.4, -0.2) is 43.8 Å². The van der Waals surface area contributed by atoms with Crippen molar-refractivity contribution in [1.29, 1.82) is 0 Å². The predicted octanol–water partition coefficient (Wildman–Crippen LogP) is 3.48. The molecule has 0 aromatic heterocycles. The zero-order chi connectivity index (χ0) is 16.7. The van der Waals surface area contributed by atoms with Crippen LogP contribution in [0.4, 0.5) is 0 Å². The molecule has 1 atom stereocenters. The zero-order valence-corrected chi connectivity index (χ0v) is 15.6. The second kappa shape index (κ2) is 8.81. The van der Waals surface area contributed by atoms with E-state index < -0.39 is 0 Å². The molecule has 0 saturated carbocycles. The third-order valence-corrected chi connectivity index (χ3v) is 5.99. The lowest BCUT2D eigenvalue weighted by molar-refractivity contribution is 0.0782. The molecule has 0 spiro atoms. The van der Waals surface area contributed by atoms with Crippen molar-refractivity contribution in [2.45, 2.75) is 30.6 Å². The van der Waals surface area contributed by atoms with Gasteiger partial charge in [0.1, 0.15) is 0 Å². The van der Waals surface area contributed by atoms with E-state index in [9.17, 15) is 0 Å². The van der Waals surface area contributed by atoms with Gasteiger partial charge in [-0.2, -0.15) is 11.8 Å². The summed E-state index contributed by atoms with van der Waals surface area (Å²) >= 11 is 7.99. The van der Waals surface area contributed by atoms with E-state index >= 15 is 0 Å². The Morgan fingerprint density at radius 3 is 2.78 bits per heavy atom. The van der Waals surface area contributed by atoms with Crippen LogP contribution >= 0.6 is 23.4 Å². The number of thioether (sulfide) groups is 1. The quantitative estimate of drug-likeness (QED) is 0.627. The highest BCUT2D eigenvalue weighted by molar-refractivity contribution is 8.00. The lowest BCUT2D eigenvalue weighted by atomic mass is 9.99. The van der Waals surface area contributed by atoms with Gasteiger partial charge in [-0.25, -0.2) is 0 Å². The Labute approximate surface area is 148 Å². The molecular formula is C17H26ClN3OS. The number of halogens is 1. The van der Waals surface area contributed by atoms with Gasteiger partial charge >= 0.3 is 0 Å². The third kappa shape index (κ3) is 5.30. The first kappa shape index (κ1) is 18.4. The van der Waals surface area contributed by atoms with Crippen molar-refractivity contribution >= 4 is 29.3 Å². The molecule has 1 aliphatic rings. The SMILES string of the molecule is CN=C(NCC1(SC)CCOCC1)NC(C)c1cccc(Cl)c1. The Morgan fingerprint density at radius 2 is 2.17 bits per heavy atom. The molecule has 1 fully saturated rings. The summed E-state index contributed by atoms with van der Waals surface area (Å²) < 4.78 is 5.73. The molecule has 4 nitrogen and oxygen atoms in total. The highest BCUT2D eigenvalue weighted by atomic mass is 35.5. The first-order valence-corrected chi connectivity index (χ1v) is 9.54. The van der Waals surface area contributed by atoms with Crippen LogP contribution in [0.15, 0.2) is 29.3 Å². The minimum absolute atomic E-state index is 0.139. The van der Waals surface area contributed by atoms with Crippen LogP contribution in [-0.2, 0) is 4.74 Å². The molecule has 0 amide bonds. The molecule has 1 aromatic rings. The molecule has 1 saturated heterocycles. The summed E-state index contributed by atoms with van der Waals surface area (Å²) in [5, 5.41) is 7.66. The fourth-order valence-electron chi connectivity index (χ4n) is 2.70. The second-order valence-corrected chi connectivity index (χ2v) is 7.56. The minimum atomic E-state index is 0.139. The molecule has 1 aromatic carbocycles. The van der Waals surface area contributed by atoms with Crippen molar-refractivity contribution in [2.75, 3.05) is 33.1 Å². The Morgan fingerprint density at radius 1 is 1.43 bits per heavy atom. The van der Waals surface area contributed by atoms with E-state index in [0.29, 0.717) is 0 Å². The molecule has 1 aliphatic heterocycles. The number of benzene rings is 1. The van der Waals surface area contributed by atoms with E-state index in [2.05, 4.69) is 34.9 Å². The number of hydrogen-bond donors (Lipinski definition) is 2. The summed E-state index contributed by atoms with van der Waals surface area (Å²) in [4.78, 5) is 4.35. The van der Waals surface area contributed by atoms with Gasteiger partial charge in [-0.3, -0.25) is 4.99 Å². The number of hydrogen-bond acceptors (Lipinski definition) is 3. The molecule has 128 valence electrons. The van der Waals surface area contributed by atoms with Gasteiger partial charge < -0.3 is 15.4 Å². The topological polar surface area (TPSA) is 45.7 Å². The Bertz CT molecular complexity index is 532. The van der Waals surface area contributed by atoms with E-state index in [0.717, 1.165) is 49.1 Å². The van der Waals surface area contributed by atoms with Crippen LogP contribution < -0.4 is 10.6 Å². The van der Waals surface area contributed by atoms with Crippen LogP contribution in [0.5, 0.6) is 0 Å². The number of nitrogens with one attached hydrogen (secondary N) is 2. The summed E-state index contributed by atoms with van der Waals surface area (Å²) in [6.45, 7) is 4.68. The third-order valence-electron chi connectivity index (χ3n) is 4.34. The Kier molecular flexibility index (Phi) is 7.06. The maximum atomic E-state index is 6.07. The van der Waals surface area contributed by atoms with Crippen molar-refractivity contribution in [3.05, 3.63) is 34.9 Å². The standard InChI is InChI=1S/C17H26ClN3OS/c1-13(14-5-4-6-15(18)11-14)21-16(19-2)20-12-17(23-3)7-9-22-10-8-17/h4-6,11,13H,7-10,12H2,1-3H3,(H2,19,20,21). The first-order chi connectivity index (χ1) is 11.1. The first-order valence-electron chi connectivity index (χ1n) is 7.94. The van der Waals surface area contributed by atoms with E-state index in [1.807, 2.05) is 30.0 Å². The molecule has 6 heteroatoms. The summed E-state index contributed by atoms with van der Waals surface area (Å²) in [6, 6.07) is 8.04. The number of ether oxygens (including phenoxy) is 1. The molecule has 0 radical (unpaired) electrons. The molecule has 2 rings (SSSR count). The maximum absolute atomic E-state index is 6.07. The van der Waals surface area contributed by atoms with Crippen LogP contribution in [0, 0.1) is 0 Å². The number of aliphatic imine (C=N–C) groups is 1. The van der Waals surface area contributed by atoms with Gasteiger partial charge in [0.2, 0.25) is 0 Å². The van der Waals surface area contributed by atoms with Crippen molar-refractivity contribution in [2.24, 2.45) is 4.99 Å². The highest BCUT2D eigenvalue weighted by Gasteiger charge is 2.31. The van der Waals surface area contributed by atoms with Gasteiger partial charge in [0.05, 0.1) is 6.04 Å². The van der Waals surface area contributed by atoms with E-state index in [-0.39, 0.29) is 10.8 Å². The summed E-state index contributed by atoms with van der Waals surface area (Å²) in [6.07, 6.45) is 4.32. The van der Waals surface area contributed by atoms with Gasteiger partial charge in [0.15, 0.2) is 5.96 Å². The van der Waals surface area contributed by atoms with Gasteiger partial charge in [-0.15, -0.1) is 0 Å². The summed E-state index contributed by atoms with van der Waals surface area (Å²) in [5.74, 6) is 0.817. The van der Waals surface area contributed by atoms with Crippen molar-refractivity contribution in [3.63, 3.8) is 0 Å². The predicted molar refractivity (Wildman–Crippen MR) is 101 cm³/mol. The van der Waals surface area contributed by atoms with Gasteiger partial charge in [0.25, 0.3) is 0 Å². The molecule has 0 aliphatic carbocycles. The minimum Gasteiger partial charge on any atom is -0.381 e. The van der Waals surface area contributed by atoms with Crippen LogP contribution in [0.2, 0.25) is 5.02 Å². The second-order valence-electron chi connectivity index (χ2n) is 5.85. The lowest BCUT2D eigenvalue weighted by Crippen LogP contribution is -2.48. The van der Waals surface area contributed by atoms with Crippen LogP contribution in [0.1, 0.15) is 31.4 Å². The Balaban J connectivity index is 1.92. The molecule has 23 heavy (non-hydrogen) atoms. The molecule has 0 bridgehead atoms. The van der Waals surface area contributed by atoms with Crippen molar-refractivity contribution in [1.82, 2.24) is 10.6 Å². The summed E-state index contributed by atoms with van der Waals surface area (Å²) in [7, 11) is 1.80. The van der Waals surface area contributed by atoms with Crippen molar-refractivity contribution < 1.29 is 4.74 Å². The van der Waals surface area contributed by atoms with Crippen LogP contribution in [0.25, 0.3) is 0 Å². The van der Waals surface area contributed by atoms with E-state index in [4.69, 9.17) is 16.3 Å². The van der Waals surface area contributed by atoms with Crippen LogP contribution in [0.3, 0.4) is 0 Å². The van der Waals surface area contributed by atoms with E-state index in [1.165, 1.54) is 0 Å². The normalized spacial score (nSPS) is 19.2. The molecule has 2 N–H and O–H groups in total. The average molecular weight is 356 g/mol. The fourth-order valence-corrected chi connectivity index (χ4v) is 3.69. The summed E-state index contributed by atoms with van der Waals surface area (Å²) in [5.41, 5.74) is 1.14. The Hall–Kier alpha value is -0.910. The lowest BCUT2D eigenvalue weighted by Gasteiger charge is -2.36. The van der Waals surface area contributed by atoms with E-state index in [1.54, 1.807) is 7.05 Å². The number of guanidine groups is 1.